The van der Waals surface area contributed by atoms with Gasteiger partial charge in [0.25, 0.3) is 5.91 Å². The van der Waals surface area contributed by atoms with E-state index in [0.29, 0.717) is 17.1 Å². The maximum Gasteiger partial charge on any atom is 0.265 e. The van der Waals surface area contributed by atoms with Crippen molar-refractivity contribution in [2.75, 3.05) is 27.5 Å². The molecule has 0 spiro atoms. The van der Waals surface area contributed by atoms with E-state index >= 15 is 0 Å². The highest BCUT2D eigenvalue weighted by molar-refractivity contribution is 8.00. The van der Waals surface area contributed by atoms with E-state index in [4.69, 9.17) is 4.74 Å². The molecule has 0 unspecified atom stereocenters. The molecule has 1 heterocycles. The minimum Gasteiger partial charge on any atom is -0.479 e. The van der Waals surface area contributed by atoms with Crippen molar-refractivity contribution in [2.45, 2.75) is 26.9 Å². The maximum atomic E-state index is 12.1. The number of fused-ring (bicyclic) bond motifs is 1. The molecule has 1 atom stereocenters. The van der Waals surface area contributed by atoms with Crippen molar-refractivity contribution in [3.63, 3.8) is 0 Å². The largest absolute Gasteiger partial charge is 0.479 e. The van der Waals surface area contributed by atoms with E-state index in [1.165, 1.54) is 11.8 Å². The summed E-state index contributed by atoms with van der Waals surface area (Å²) < 4.78 is 5.49. The molecule has 7 nitrogen and oxygen atoms in total. The number of thioether (sulfide) groups is 1. The van der Waals surface area contributed by atoms with E-state index in [1.54, 1.807) is 25.1 Å². The Hall–Kier alpha value is -3.00. The number of ether oxygens (including phenoxy) is 1. The summed E-state index contributed by atoms with van der Waals surface area (Å²) in [7, 11) is 0. The summed E-state index contributed by atoms with van der Waals surface area (Å²) in [6, 6.07) is 10.9. The van der Waals surface area contributed by atoms with Gasteiger partial charge in [-0.2, -0.15) is 0 Å². The van der Waals surface area contributed by atoms with Crippen LogP contribution in [0.3, 0.4) is 0 Å². The molecule has 3 rings (SSSR count). The van der Waals surface area contributed by atoms with Gasteiger partial charge in [-0.3, -0.25) is 14.4 Å². The number of amides is 3. The van der Waals surface area contributed by atoms with Crippen LogP contribution in [-0.2, 0) is 14.4 Å². The van der Waals surface area contributed by atoms with Crippen LogP contribution in [0.15, 0.2) is 36.4 Å². The molecule has 0 saturated heterocycles. The third-order valence-electron chi connectivity index (χ3n) is 4.32. The van der Waals surface area contributed by atoms with Crippen molar-refractivity contribution < 1.29 is 19.1 Å². The second kappa shape index (κ2) is 9.00. The van der Waals surface area contributed by atoms with Crippen molar-refractivity contribution in [2.24, 2.45) is 0 Å². The fourth-order valence-corrected chi connectivity index (χ4v) is 3.48. The van der Waals surface area contributed by atoms with Gasteiger partial charge < -0.3 is 20.7 Å². The quantitative estimate of drug-likeness (QED) is 0.675. The Morgan fingerprint density at radius 1 is 1.07 bits per heavy atom. The molecule has 0 aromatic heterocycles. The van der Waals surface area contributed by atoms with Gasteiger partial charge in [0.15, 0.2) is 6.10 Å². The number of nitrogens with one attached hydrogen (secondary N) is 3. The number of hydrogen-bond donors (Lipinski definition) is 3. The fraction of sp³-hybridized carbons (Fsp3) is 0.286. The summed E-state index contributed by atoms with van der Waals surface area (Å²) in [5, 5.41) is 8.35. The second-order valence-corrected chi connectivity index (χ2v) is 7.85. The molecule has 0 fully saturated rings. The first-order chi connectivity index (χ1) is 13.8. The molecular formula is C21H23N3O4S. The van der Waals surface area contributed by atoms with Gasteiger partial charge in [0, 0.05) is 11.4 Å². The molecule has 0 radical (unpaired) electrons. The van der Waals surface area contributed by atoms with Gasteiger partial charge in [0.1, 0.15) is 5.75 Å². The maximum absolute atomic E-state index is 12.1. The lowest BCUT2D eigenvalue weighted by Gasteiger charge is -2.23. The molecule has 8 heteroatoms. The topological polar surface area (TPSA) is 96.5 Å². The van der Waals surface area contributed by atoms with Crippen LogP contribution in [0.25, 0.3) is 0 Å². The Morgan fingerprint density at radius 2 is 1.79 bits per heavy atom. The zero-order valence-electron chi connectivity index (χ0n) is 16.5. The molecule has 29 heavy (non-hydrogen) atoms. The predicted octanol–water partition coefficient (Wildman–Crippen LogP) is 3.33. The number of carbonyl (C=O) groups excluding carboxylic acids is 3. The van der Waals surface area contributed by atoms with E-state index in [-0.39, 0.29) is 29.2 Å². The first kappa shape index (κ1) is 20.7. The number of rotatable bonds is 6. The second-order valence-electron chi connectivity index (χ2n) is 6.87. The zero-order chi connectivity index (χ0) is 21.0. The van der Waals surface area contributed by atoms with Crippen LogP contribution in [0, 0.1) is 13.8 Å². The molecule has 1 aliphatic heterocycles. The van der Waals surface area contributed by atoms with E-state index < -0.39 is 6.10 Å². The highest BCUT2D eigenvalue weighted by Crippen LogP contribution is 2.32. The molecule has 2 aromatic rings. The van der Waals surface area contributed by atoms with E-state index in [2.05, 4.69) is 16.0 Å². The van der Waals surface area contributed by atoms with Crippen LogP contribution < -0.4 is 20.7 Å². The minimum absolute atomic E-state index is 0.136. The normalized spacial score (nSPS) is 15.0. The molecular weight excluding hydrogens is 390 g/mol. The van der Waals surface area contributed by atoms with Crippen molar-refractivity contribution in [3.8, 4) is 5.75 Å². The number of hydrogen-bond acceptors (Lipinski definition) is 5. The summed E-state index contributed by atoms with van der Waals surface area (Å²) in [5.74, 6) is 0.256. The Morgan fingerprint density at radius 3 is 2.52 bits per heavy atom. The first-order valence-electron chi connectivity index (χ1n) is 9.18. The van der Waals surface area contributed by atoms with Gasteiger partial charge in [-0.25, -0.2) is 0 Å². The molecule has 0 aliphatic carbocycles. The lowest BCUT2D eigenvalue weighted by Crippen LogP contribution is -2.34. The number of carbonyl (C=O) groups is 3. The molecule has 3 amide bonds. The van der Waals surface area contributed by atoms with Crippen LogP contribution in [-0.4, -0.2) is 35.3 Å². The SMILES string of the molecule is Cc1ccc(NC(=O)CSCC(=O)Nc2ccc3c(c2)NC(=O)[C@H](C)O3)c(C)c1. The molecule has 152 valence electrons. The Balaban J connectivity index is 1.46. The monoisotopic (exact) mass is 413 g/mol. The zero-order valence-corrected chi connectivity index (χ0v) is 17.3. The molecule has 3 N–H and O–H groups in total. The summed E-state index contributed by atoms with van der Waals surface area (Å²) in [6.07, 6.45) is -0.547. The van der Waals surface area contributed by atoms with Gasteiger partial charge in [0.05, 0.1) is 17.2 Å². The van der Waals surface area contributed by atoms with Gasteiger partial charge in [-0.05, 0) is 50.6 Å². The molecule has 0 bridgehead atoms. The van der Waals surface area contributed by atoms with Crippen LogP contribution in [0.4, 0.5) is 17.1 Å². The summed E-state index contributed by atoms with van der Waals surface area (Å²) in [5.41, 5.74) is 3.98. The highest BCUT2D eigenvalue weighted by atomic mass is 32.2. The summed E-state index contributed by atoms with van der Waals surface area (Å²) >= 11 is 1.23. The van der Waals surface area contributed by atoms with Crippen LogP contribution in [0.2, 0.25) is 0 Å². The van der Waals surface area contributed by atoms with Gasteiger partial charge in [0.2, 0.25) is 11.8 Å². The predicted molar refractivity (Wildman–Crippen MR) is 116 cm³/mol. The lowest BCUT2D eigenvalue weighted by atomic mass is 10.1. The Bertz CT molecular complexity index is 961. The number of anilines is 3. The average Bonchev–Trinajstić information content (AvgIpc) is 2.65. The van der Waals surface area contributed by atoms with Gasteiger partial charge >= 0.3 is 0 Å². The average molecular weight is 413 g/mol. The number of benzene rings is 2. The molecule has 0 saturated carbocycles. The van der Waals surface area contributed by atoms with Gasteiger partial charge in [-0.15, -0.1) is 11.8 Å². The number of aryl methyl sites for hydroxylation is 2. The summed E-state index contributed by atoms with van der Waals surface area (Å²) in [4.78, 5) is 35.9. The van der Waals surface area contributed by atoms with Crippen LogP contribution >= 0.6 is 11.8 Å². The lowest BCUT2D eigenvalue weighted by molar-refractivity contribution is -0.122. The third-order valence-corrected chi connectivity index (χ3v) is 5.25. The standard InChI is InChI=1S/C21H23N3O4S/c1-12-4-6-16(13(2)8-12)23-20(26)11-29-10-19(25)22-15-5-7-18-17(9-15)24-21(27)14(3)28-18/h4-9,14H,10-11H2,1-3H3,(H,22,25)(H,23,26)(H,24,27)/t14-/m0/s1. The van der Waals surface area contributed by atoms with Crippen LogP contribution in [0.5, 0.6) is 5.75 Å². The molecule has 2 aromatic carbocycles. The first-order valence-corrected chi connectivity index (χ1v) is 10.3. The van der Waals surface area contributed by atoms with E-state index in [9.17, 15) is 14.4 Å². The highest BCUT2D eigenvalue weighted by Gasteiger charge is 2.23. The van der Waals surface area contributed by atoms with Crippen molar-refractivity contribution in [1.29, 1.82) is 0 Å². The Kier molecular flexibility index (Phi) is 6.43. The van der Waals surface area contributed by atoms with Crippen molar-refractivity contribution >= 4 is 46.5 Å². The van der Waals surface area contributed by atoms with Gasteiger partial charge in [-0.1, -0.05) is 17.7 Å². The third kappa shape index (κ3) is 5.51. The smallest absolute Gasteiger partial charge is 0.265 e. The van der Waals surface area contributed by atoms with Crippen molar-refractivity contribution in [1.82, 2.24) is 0 Å². The van der Waals surface area contributed by atoms with Crippen molar-refractivity contribution in [3.05, 3.63) is 47.5 Å². The summed E-state index contributed by atoms with van der Waals surface area (Å²) in [6.45, 7) is 5.61. The fourth-order valence-electron chi connectivity index (χ4n) is 2.86. The molecule has 1 aliphatic rings. The van der Waals surface area contributed by atoms with E-state index in [1.807, 2.05) is 32.0 Å². The van der Waals surface area contributed by atoms with Crippen LogP contribution in [0.1, 0.15) is 18.1 Å². The minimum atomic E-state index is -0.547. The Labute approximate surface area is 173 Å². The van der Waals surface area contributed by atoms with E-state index in [0.717, 1.165) is 16.8 Å².